The summed E-state index contributed by atoms with van der Waals surface area (Å²) in [4.78, 5) is 26.6. The molecule has 0 atom stereocenters. The van der Waals surface area contributed by atoms with Gasteiger partial charge in [0.2, 0.25) is 0 Å². The minimum atomic E-state index is -0.515. The third-order valence-electron chi connectivity index (χ3n) is 3.04. The van der Waals surface area contributed by atoms with E-state index in [1.807, 2.05) is 0 Å². The van der Waals surface area contributed by atoms with Crippen molar-refractivity contribution in [2.24, 2.45) is 0 Å². The molecule has 6 nitrogen and oxygen atoms in total. The molecule has 86 valence electrons. The Bertz CT molecular complexity index is 690. The van der Waals surface area contributed by atoms with Crippen LogP contribution in [0.2, 0.25) is 0 Å². The first-order valence-electron chi connectivity index (χ1n) is 5.35. The molecule has 0 saturated carbocycles. The molecular weight excluding hydrogens is 222 g/mol. The first-order chi connectivity index (χ1) is 8.16. The van der Waals surface area contributed by atoms with Crippen LogP contribution in [0.25, 0.3) is 5.65 Å². The Morgan fingerprint density at radius 3 is 2.94 bits per heavy atom. The maximum atomic E-state index is 12.1. The van der Waals surface area contributed by atoms with Crippen LogP contribution in [0.3, 0.4) is 0 Å². The predicted molar refractivity (Wildman–Crippen MR) is 60.1 cm³/mol. The number of hydrogen-bond acceptors (Lipinski definition) is 4. The number of aromatic nitrogens is 2. The molecule has 17 heavy (non-hydrogen) atoms. The van der Waals surface area contributed by atoms with Gasteiger partial charge in [-0.1, -0.05) is 0 Å². The van der Waals surface area contributed by atoms with E-state index in [1.165, 1.54) is 22.7 Å². The van der Waals surface area contributed by atoms with Gasteiger partial charge >= 0.3 is 0 Å². The summed E-state index contributed by atoms with van der Waals surface area (Å²) in [5, 5.41) is 10.7. The molecule has 0 aliphatic heterocycles. The second kappa shape index (κ2) is 3.38. The maximum absolute atomic E-state index is 12.1. The number of hydrogen-bond donors (Lipinski definition) is 0. The summed E-state index contributed by atoms with van der Waals surface area (Å²) in [7, 11) is 0. The van der Waals surface area contributed by atoms with Crippen molar-refractivity contribution in [1.82, 2.24) is 9.38 Å². The molecule has 1 aliphatic rings. The molecule has 2 aromatic rings. The second-order valence-corrected chi connectivity index (χ2v) is 4.07. The van der Waals surface area contributed by atoms with E-state index in [0.717, 1.165) is 18.5 Å². The highest BCUT2D eigenvalue weighted by molar-refractivity contribution is 5.46. The average Bonchev–Trinajstić information content (AvgIpc) is 2.77. The van der Waals surface area contributed by atoms with E-state index in [1.54, 1.807) is 0 Å². The molecule has 0 unspecified atom stereocenters. The minimum Gasteiger partial charge on any atom is -0.269 e. The van der Waals surface area contributed by atoms with Gasteiger partial charge in [-0.05, 0) is 25.3 Å². The van der Waals surface area contributed by atoms with E-state index in [9.17, 15) is 14.9 Å². The van der Waals surface area contributed by atoms with Crippen molar-refractivity contribution in [2.75, 3.05) is 0 Å². The second-order valence-electron chi connectivity index (χ2n) is 4.07. The summed E-state index contributed by atoms with van der Waals surface area (Å²) in [6, 6.07) is 2.88. The lowest BCUT2D eigenvalue weighted by molar-refractivity contribution is -0.385. The molecule has 0 fully saturated rings. The molecule has 0 spiro atoms. The Morgan fingerprint density at radius 1 is 1.35 bits per heavy atom. The van der Waals surface area contributed by atoms with E-state index < -0.39 is 4.92 Å². The van der Waals surface area contributed by atoms with Gasteiger partial charge in [-0.25, -0.2) is 4.98 Å². The molecule has 0 saturated heterocycles. The van der Waals surface area contributed by atoms with E-state index in [2.05, 4.69) is 4.98 Å². The van der Waals surface area contributed by atoms with Crippen LogP contribution in [0.1, 0.15) is 17.7 Å². The molecule has 2 aromatic heterocycles. The number of nitro groups is 1. The van der Waals surface area contributed by atoms with Crippen LogP contribution in [-0.4, -0.2) is 14.3 Å². The van der Waals surface area contributed by atoms with Crippen LogP contribution in [0, 0.1) is 10.1 Å². The number of pyridine rings is 1. The topological polar surface area (TPSA) is 77.5 Å². The highest BCUT2D eigenvalue weighted by atomic mass is 16.6. The lowest BCUT2D eigenvalue weighted by Crippen LogP contribution is -2.20. The van der Waals surface area contributed by atoms with Crippen LogP contribution in [0.4, 0.5) is 5.69 Å². The predicted octanol–water partition coefficient (Wildman–Crippen LogP) is 1.09. The molecule has 0 amide bonds. The van der Waals surface area contributed by atoms with E-state index in [4.69, 9.17) is 0 Å². The van der Waals surface area contributed by atoms with Gasteiger partial charge in [-0.2, -0.15) is 0 Å². The Labute approximate surface area is 95.7 Å². The summed E-state index contributed by atoms with van der Waals surface area (Å²) < 4.78 is 1.27. The van der Waals surface area contributed by atoms with Crippen molar-refractivity contribution in [3.63, 3.8) is 0 Å². The normalized spacial score (nSPS) is 13.9. The molecule has 6 heteroatoms. The molecule has 0 N–H and O–H groups in total. The molecule has 3 rings (SSSR count). The molecule has 0 radical (unpaired) electrons. The first-order valence-corrected chi connectivity index (χ1v) is 5.35. The Morgan fingerprint density at radius 2 is 2.18 bits per heavy atom. The van der Waals surface area contributed by atoms with Gasteiger partial charge in [0.05, 0.1) is 16.8 Å². The molecule has 0 bridgehead atoms. The van der Waals surface area contributed by atoms with Gasteiger partial charge < -0.3 is 0 Å². The zero-order valence-corrected chi connectivity index (χ0v) is 8.92. The number of nitrogens with zero attached hydrogens (tertiary/aromatic N) is 3. The SMILES string of the molecule is O=c1c2c(nc3ccc([N+](=O)[O-])cn13)CCC2. The summed E-state index contributed by atoms with van der Waals surface area (Å²) in [6.07, 6.45) is 3.70. The van der Waals surface area contributed by atoms with Crippen molar-refractivity contribution in [1.29, 1.82) is 0 Å². The van der Waals surface area contributed by atoms with Crippen molar-refractivity contribution in [2.45, 2.75) is 19.3 Å². The fraction of sp³-hybridized carbons (Fsp3) is 0.273. The fourth-order valence-corrected chi connectivity index (χ4v) is 2.21. The summed E-state index contributed by atoms with van der Waals surface area (Å²) >= 11 is 0. The lowest BCUT2D eigenvalue weighted by Gasteiger charge is -2.03. The zero-order valence-electron chi connectivity index (χ0n) is 8.92. The lowest BCUT2D eigenvalue weighted by atomic mass is 10.2. The summed E-state index contributed by atoms with van der Waals surface area (Å²) in [5.74, 6) is 0. The molecular formula is C11H9N3O3. The van der Waals surface area contributed by atoms with Crippen LogP contribution >= 0.6 is 0 Å². The van der Waals surface area contributed by atoms with Crippen LogP contribution in [0.15, 0.2) is 23.1 Å². The summed E-state index contributed by atoms with van der Waals surface area (Å²) in [6.45, 7) is 0. The van der Waals surface area contributed by atoms with Crippen LogP contribution < -0.4 is 5.56 Å². The monoisotopic (exact) mass is 231 g/mol. The standard InChI is InChI=1S/C11H9N3O3/c15-11-8-2-1-3-9(8)12-10-5-4-7(14(16)17)6-13(10)11/h4-6H,1-3H2. The number of aryl methyl sites for hydroxylation is 1. The van der Waals surface area contributed by atoms with Gasteiger partial charge in [-0.15, -0.1) is 0 Å². The van der Waals surface area contributed by atoms with Gasteiger partial charge in [0, 0.05) is 11.6 Å². The van der Waals surface area contributed by atoms with Crippen LogP contribution in [0.5, 0.6) is 0 Å². The fourth-order valence-electron chi connectivity index (χ4n) is 2.21. The number of rotatable bonds is 1. The third-order valence-corrected chi connectivity index (χ3v) is 3.04. The Balaban J connectivity index is 2.37. The molecule has 1 aliphatic carbocycles. The quantitative estimate of drug-likeness (QED) is 0.543. The highest BCUT2D eigenvalue weighted by Gasteiger charge is 2.19. The molecule has 0 aromatic carbocycles. The first kappa shape index (κ1) is 9.95. The highest BCUT2D eigenvalue weighted by Crippen LogP contribution is 2.18. The van der Waals surface area contributed by atoms with Gasteiger partial charge in [-0.3, -0.25) is 19.3 Å². The third kappa shape index (κ3) is 1.41. The Hall–Kier alpha value is -2.24. The van der Waals surface area contributed by atoms with Crippen molar-refractivity contribution in [3.05, 3.63) is 50.1 Å². The zero-order chi connectivity index (χ0) is 12.0. The van der Waals surface area contributed by atoms with E-state index in [0.29, 0.717) is 17.6 Å². The van der Waals surface area contributed by atoms with Crippen molar-refractivity contribution >= 4 is 11.3 Å². The number of fused-ring (bicyclic) bond motifs is 2. The smallest absolute Gasteiger partial charge is 0.269 e. The van der Waals surface area contributed by atoms with Crippen molar-refractivity contribution < 1.29 is 4.92 Å². The summed E-state index contributed by atoms with van der Waals surface area (Å²) in [5.41, 5.74) is 1.73. The van der Waals surface area contributed by atoms with Crippen LogP contribution in [-0.2, 0) is 12.8 Å². The van der Waals surface area contributed by atoms with E-state index >= 15 is 0 Å². The van der Waals surface area contributed by atoms with Crippen molar-refractivity contribution in [3.8, 4) is 0 Å². The van der Waals surface area contributed by atoms with Gasteiger partial charge in [0.1, 0.15) is 5.65 Å². The molecule has 2 heterocycles. The van der Waals surface area contributed by atoms with E-state index in [-0.39, 0.29) is 11.2 Å². The Kier molecular flexibility index (Phi) is 1.98. The minimum absolute atomic E-state index is 0.0978. The average molecular weight is 231 g/mol. The van der Waals surface area contributed by atoms with Gasteiger partial charge in [0.25, 0.3) is 11.2 Å². The maximum Gasteiger partial charge on any atom is 0.286 e. The largest absolute Gasteiger partial charge is 0.286 e. The van der Waals surface area contributed by atoms with Gasteiger partial charge in [0.15, 0.2) is 0 Å².